The summed E-state index contributed by atoms with van der Waals surface area (Å²) in [6, 6.07) is 18.1. The summed E-state index contributed by atoms with van der Waals surface area (Å²) in [5.41, 5.74) is 1.88. The number of carbonyl (C=O) groups is 2. The van der Waals surface area contributed by atoms with Gasteiger partial charge in [0.25, 0.3) is 5.91 Å². The van der Waals surface area contributed by atoms with Crippen molar-refractivity contribution >= 4 is 17.6 Å². The summed E-state index contributed by atoms with van der Waals surface area (Å²) in [6.07, 6.45) is 2.37. The zero-order valence-electron chi connectivity index (χ0n) is 18.1. The molecule has 2 aromatic carbocycles. The Bertz CT molecular complexity index is 1090. The number of rotatable bonds is 5. The fraction of sp³-hybridized carbons (Fsp3) is 0.240. The van der Waals surface area contributed by atoms with Crippen LogP contribution in [-0.4, -0.2) is 52.9 Å². The van der Waals surface area contributed by atoms with Crippen LogP contribution in [0.5, 0.6) is 5.75 Å². The van der Waals surface area contributed by atoms with Crippen LogP contribution in [0.2, 0.25) is 0 Å². The molecule has 1 aromatic heterocycles. The fourth-order valence-electron chi connectivity index (χ4n) is 3.61. The number of carbonyl (C=O) groups excluding carboxylic acids is 2. The predicted molar refractivity (Wildman–Crippen MR) is 123 cm³/mol. The second-order valence-corrected chi connectivity index (χ2v) is 7.71. The Hall–Kier alpha value is -3.94. The fourth-order valence-corrected chi connectivity index (χ4v) is 3.61. The van der Waals surface area contributed by atoms with E-state index in [0.717, 1.165) is 5.69 Å². The molecule has 1 aliphatic rings. The maximum Gasteiger partial charge on any atom is 0.321 e. The number of ether oxygens (including phenoxy) is 1. The molecule has 0 atom stereocenters. The number of nitrogens with zero attached hydrogens (tertiary/aromatic N) is 3. The first-order chi connectivity index (χ1) is 16.1. The van der Waals surface area contributed by atoms with Crippen molar-refractivity contribution in [3.63, 3.8) is 0 Å². The third kappa shape index (κ3) is 6.06. The molecule has 2 heterocycles. The van der Waals surface area contributed by atoms with Gasteiger partial charge in [-0.25, -0.2) is 9.18 Å². The zero-order chi connectivity index (χ0) is 23.0. The molecule has 1 aliphatic heterocycles. The summed E-state index contributed by atoms with van der Waals surface area (Å²) in [7, 11) is 0. The van der Waals surface area contributed by atoms with E-state index >= 15 is 0 Å². The maximum atomic E-state index is 13.1. The molecule has 1 N–H and O–H groups in total. The van der Waals surface area contributed by atoms with E-state index in [2.05, 4.69) is 10.3 Å². The first-order valence-corrected chi connectivity index (χ1v) is 10.8. The van der Waals surface area contributed by atoms with Gasteiger partial charge in [0.05, 0.1) is 5.69 Å². The van der Waals surface area contributed by atoms with E-state index in [1.165, 1.54) is 24.3 Å². The Labute approximate surface area is 191 Å². The summed E-state index contributed by atoms with van der Waals surface area (Å²) < 4.78 is 18.9. The van der Waals surface area contributed by atoms with Gasteiger partial charge in [0.15, 0.2) is 0 Å². The average molecular weight is 448 g/mol. The van der Waals surface area contributed by atoms with Gasteiger partial charge in [-0.15, -0.1) is 0 Å². The summed E-state index contributed by atoms with van der Waals surface area (Å²) in [5.74, 6) is 0.0943. The molecule has 0 bridgehead atoms. The zero-order valence-corrected chi connectivity index (χ0v) is 18.1. The van der Waals surface area contributed by atoms with E-state index < -0.39 is 0 Å². The van der Waals surface area contributed by atoms with Crippen LogP contribution >= 0.6 is 0 Å². The molecule has 0 radical (unpaired) electrons. The van der Waals surface area contributed by atoms with Crippen LogP contribution in [0.3, 0.4) is 0 Å². The lowest BCUT2D eigenvalue weighted by molar-refractivity contribution is 0.0762. The third-order valence-corrected chi connectivity index (χ3v) is 5.36. The minimum absolute atomic E-state index is 0.157. The average Bonchev–Trinajstić information content (AvgIpc) is 3.10. The number of benzene rings is 2. The molecular formula is C25H25FN4O3. The highest BCUT2D eigenvalue weighted by atomic mass is 19.1. The number of anilines is 1. The van der Waals surface area contributed by atoms with Gasteiger partial charge in [-0.3, -0.25) is 9.78 Å². The topological polar surface area (TPSA) is 74.8 Å². The summed E-state index contributed by atoms with van der Waals surface area (Å²) >= 11 is 0. The van der Waals surface area contributed by atoms with E-state index in [9.17, 15) is 14.0 Å². The monoisotopic (exact) mass is 448 g/mol. The van der Waals surface area contributed by atoms with E-state index in [0.29, 0.717) is 56.2 Å². The van der Waals surface area contributed by atoms with Crippen molar-refractivity contribution in [1.82, 2.24) is 14.8 Å². The molecule has 3 amide bonds. The van der Waals surface area contributed by atoms with Crippen molar-refractivity contribution in [1.29, 1.82) is 0 Å². The Morgan fingerprint density at radius 1 is 0.939 bits per heavy atom. The van der Waals surface area contributed by atoms with Gasteiger partial charge < -0.3 is 19.9 Å². The van der Waals surface area contributed by atoms with Gasteiger partial charge in [0.2, 0.25) is 0 Å². The Morgan fingerprint density at radius 2 is 1.73 bits per heavy atom. The Morgan fingerprint density at radius 3 is 2.52 bits per heavy atom. The van der Waals surface area contributed by atoms with Crippen LogP contribution in [0.25, 0.3) is 0 Å². The minimum atomic E-state index is -0.378. The maximum absolute atomic E-state index is 13.1. The van der Waals surface area contributed by atoms with Crippen LogP contribution in [0.1, 0.15) is 22.5 Å². The molecule has 33 heavy (non-hydrogen) atoms. The van der Waals surface area contributed by atoms with Crippen molar-refractivity contribution < 1.29 is 18.7 Å². The number of hydrogen-bond donors (Lipinski definition) is 1. The Kier molecular flexibility index (Phi) is 7.14. The molecule has 0 aliphatic carbocycles. The van der Waals surface area contributed by atoms with Crippen LogP contribution < -0.4 is 10.1 Å². The SMILES string of the molecule is O=C(Nc1cccc(OCc2ccccn2)c1)N1CCCN(C(=O)c2ccc(F)cc2)CC1. The largest absolute Gasteiger partial charge is 0.487 e. The molecular weight excluding hydrogens is 423 g/mol. The molecule has 0 unspecified atom stereocenters. The van der Waals surface area contributed by atoms with Gasteiger partial charge in [-0.2, -0.15) is 0 Å². The molecule has 4 rings (SSSR count). The van der Waals surface area contributed by atoms with Crippen LogP contribution in [-0.2, 0) is 6.61 Å². The molecule has 7 nitrogen and oxygen atoms in total. The molecule has 170 valence electrons. The van der Waals surface area contributed by atoms with Gasteiger partial charge in [0.1, 0.15) is 18.2 Å². The van der Waals surface area contributed by atoms with E-state index in [1.54, 1.807) is 28.1 Å². The van der Waals surface area contributed by atoms with Crippen LogP contribution in [0.15, 0.2) is 72.9 Å². The molecule has 3 aromatic rings. The summed E-state index contributed by atoms with van der Waals surface area (Å²) in [6.45, 7) is 2.24. The number of amides is 3. The van der Waals surface area contributed by atoms with Crippen molar-refractivity contribution in [2.24, 2.45) is 0 Å². The number of nitrogens with one attached hydrogen (secondary N) is 1. The number of aromatic nitrogens is 1. The molecule has 0 spiro atoms. The lowest BCUT2D eigenvalue weighted by Gasteiger charge is -2.22. The lowest BCUT2D eigenvalue weighted by atomic mass is 10.2. The molecule has 0 saturated carbocycles. The number of hydrogen-bond acceptors (Lipinski definition) is 4. The van der Waals surface area contributed by atoms with Gasteiger partial charge in [-0.05, 0) is 55.0 Å². The first kappa shape index (κ1) is 22.3. The van der Waals surface area contributed by atoms with Gasteiger partial charge in [-0.1, -0.05) is 12.1 Å². The second kappa shape index (κ2) is 10.6. The minimum Gasteiger partial charge on any atom is -0.487 e. The highest BCUT2D eigenvalue weighted by Crippen LogP contribution is 2.19. The standard InChI is InChI=1S/C25H25FN4O3/c26-20-10-8-19(9-11-20)24(31)29-13-4-14-30(16-15-29)25(32)28-21-6-3-7-23(17-21)33-18-22-5-1-2-12-27-22/h1-3,5-12,17H,4,13-16,18H2,(H,28,32). The first-order valence-electron chi connectivity index (χ1n) is 10.8. The van der Waals surface area contributed by atoms with Crippen LogP contribution in [0.4, 0.5) is 14.9 Å². The number of urea groups is 1. The number of pyridine rings is 1. The highest BCUT2D eigenvalue weighted by molar-refractivity contribution is 5.94. The molecule has 1 saturated heterocycles. The molecule has 8 heteroatoms. The van der Waals surface area contributed by atoms with Crippen LogP contribution in [0, 0.1) is 5.82 Å². The van der Waals surface area contributed by atoms with Crippen molar-refractivity contribution in [2.45, 2.75) is 13.0 Å². The smallest absolute Gasteiger partial charge is 0.321 e. The molecule has 1 fully saturated rings. The van der Waals surface area contributed by atoms with Gasteiger partial charge in [0, 0.05) is 49.7 Å². The van der Waals surface area contributed by atoms with Crippen molar-refractivity contribution in [2.75, 3.05) is 31.5 Å². The van der Waals surface area contributed by atoms with E-state index in [1.807, 2.05) is 30.3 Å². The van der Waals surface area contributed by atoms with E-state index in [4.69, 9.17) is 4.74 Å². The third-order valence-electron chi connectivity index (χ3n) is 5.36. The highest BCUT2D eigenvalue weighted by Gasteiger charge is 2.23. The normalized spacial score (nSPS) is 13.8. The summed E-state index contributed by atoms with van der Waals surface area (Å²) in [4.78, 5) is 33.1. The summed E-state index contributed by atoms with van der Waals surface area (Å²) in [5, 5.41) is 2.91. The quantitative estimate of drug-likeness (QED) is 0.636. The second-order valence-electron chi connectivity index (χ2n) is 7.71. The van der Waals surface area contributed by atoms with Crippen molar-refractivity contribution in [3.05, 3.63) is 90.0 Å². The van der Waals surface area contributed by atoms with Gasteiger partial charge >= 0.3 is 6.03 Å². The number of halogens is 1. The van der Waals surface area contributed by atoms with Crippen molar-refractivity contribution in [3.8, 4) is 5.75 Å². The van der Waals surface area contributed by atoms with E-state index in [-0.39, 0.29) is 17.8 Å². The Balaban J connectivity index is 1.31. The lowest BCUT2D eigenvalue weighted by Crippen LogP contribution is -2.39. The predicted octanol–water partition coefficient (Wildman–Crippen LogP) is 4.18.